The Labute approximate surface area is 316 Å². The van der Waals surface area contributed by atoms with Gasteiger partial charge in [0.25, 0.3) is 50.6 Å². The molecule has 0 aromatic heterocycles. The molecule has 0 atom stereocenters. The third-order valence-electron chi connectivity index (χ3n) is 8.25. The Morgan fingerprint density at radius 1 is 0.418 bits per heavy atom. The molecule has 0 saturated carbocycles. The summed E-state index contributed by atoms with van der Waals surface area (Å²) in [5, 5.41) is 5.82. The SMILES string of the molecule is Cc1cc(S(=O)(=O)O)c(S(=O)(=O)O)cc1Nc1ccc(C(c2ccc(Nc3cc(S(=O)(=O)O)c(S(=O)(=O)O)cc3C)cc2)c2ccccc2S(=O)(=O)O)cc1. The lowest BCUT2D eigenvalue weighted by molar-refractivity contribution is 0.466. The predicted molar refractivity (Wildman–Crippen MR) is 198 cm³/mol. The molecule has 7 N–H and O–H groups in total. The summed E-state index contributed by atoms with van der Waals surface area (Å²) in [6, 6.07) is 21.5. The maximum atomic E-state index is 12.5. The highest BCUT2D eigenvalue weighted by Crippen LogP contribution is 2.38. The van der Waals surface area contributed by atoms with Gasteiger partial charge in [-0.3, -0.25) is 22.8 Å². The zero-order valence-corrected chi connectivity index (χ0v) is 32.3. The molecular formula is C33H30N2O15S5. The van der Waals surface area contributed by atoms with E-state index in [-0.39, 0.29) is 28.1 Å². The first-order chi connectivity index (χ1) is 25.2. The van der Waals surface area contributed by atoms with Crippen molar-refractivity contribution in [1.29, 1.82) is 0 Å². The van der Waals surface area contributed by atoms with Crippen molar-refractivity contribution in [2.75, 3.05) is 10.6 Å². The van der Waals surface area contributed by atoms with Crippen LogP contribution < -0.4 is 10.6 Å². The van der Waals surface area contributed by atoms with E-state index < -0.39 is 81.0 Å². The lowest BCUT2D eigenvalue weighted by atomic mass is 9.85. The fourth-order valence-electron chi connectivity index (χ4n) is 5.73. The number of aryl methyl sites for hydroxylation is 2. The molecule has 17 nitrogen and oxygen atoms in total. The molecule has 292 valence electrons. The molecule has 0 bridgehead atoms. The number of nitrogens with one attached hydrogen (secondary N) is 2. The standard InChI is InChI=1S/C33H30N2O15S5/c1-19-15-29(52(39,40)41)31(54(45,46)47)17-26(19)34-23-11-7-21(8-12-23)33(25-5-3-4-6-28(25)51(36,37)38)22-9-13-24(14-10-22)35-27-18-32(55(48,49)50)30(16-20(27)2)53(42,43)44/h3-18,33-35H,1-2H3,(H,36,37,38)(H,39,40,41)(H,42,43,44)(H,45,46,47)(H,48,49,50). The van der Waals surface area contributed by atoms with Crippen LogP contribution in [0.2, 0.25) is 0 Å². The Balaban J connectivity index is 1.56. The maximum absolute atomic E-state index is 12.5. The predicted octanol–water partition coefficient (Wildman–Crippen LogP) is 5.20. The van der Waals surface area contributed by atoms with Crippen molar-refractivity contribution in [3.05, 3.63) is 125 Å². The molecule has 5 rings (SSSR count). The fraction of sp³-hybridized carbons (Fsp3) is 0.0909. The van der Waals surface area contributed by atoms with Gasteiger partial charge in [-0.15, -0.1) is 0 Å². The van der Waals surface area contributed by atoms with Gasteiger partial charge in [0.05, 0.1) is 4.90 Å². The molecule has 0 unspecified atom stereocenters. The van der Waals surface area contributed by atoms with Crippen molar-refractivity contribution >= 4 is 73.3 Å². The molecular weight excluding hydrogens is 825 g/mol. The largest absolute Gasteiger partial charge is 0.355 e. The number of hydrogen-bond acceptors (Lipinski definition) is 12. The number of benzene rings is 5. The third kappa shape index (κ3) is 9.38. The van der Waals surface area contributed by atoms with E-state index in [1.165, 1.54) is 56.3 Å². The molecule has 0 amide bonds. The van der Waals surface area contributed by atoms with E-state index in [2.05, 4.69) is 10.6 Å². The summed E-state index contributed by atoms with van der Waals surface area (Å²) in [5.74, 6) is -0.870. The van der Waals surface area contributed by atoms with Gasteiger partial charge in [0, 0.05) is 28.7 Å². The van der Waals surface area contributed by atoms with E-state index in [1.807, 2.05) is 0 Å². The molecule has 0 heterocycles. The van der Waals surface area contributed by atoms with Crippen LogP contribution in [0.3, 0.4) is 0 Å². The average molecular weight is 855 g/mol. The van der Waals surface area contributed by atoms with E-state index in [9.17, 15) is 64.9 Å². The van der Waals surface area contributed by atoms with E-state index in [4.69, 9.17) is 0 Å². The molecule has 0 aliphatic rings. The molecule has 0 saturated heterocycles. The van der Waals surface area contributed by atoms with E-state index in [0.29, 0.717) is 22.5 Å². The average Bonchev–Trinajstić information content (AvgIpc) is 3.06. The summed E-state index contributed by atoms with van der Waals surface area (Å²) in [6.45, 7) is 2.84. The van der Waals surface area contributed by atoms with Crippen molar-refractivity contribution in [3.63, 3.8) is 0 Å². The van der Waals surface area contributed by atoms with Crippen LogP contribution in [-0.2, 0) is 50.6 Å². The quantitative estimate of drug-likeness (QED) is 0.0626. The summed E-state index contributed by atoms with van der Waals surface area (Å²) < 4.78 is 168. The Bertz CT molecular complexity index is 2740. The summed E-state index contributed by atoms with van der Waals surface area (Å²) >= 11 is 0. The summed E-state index contributed by atoms with van der Waals surface area (Å²) in [7, 11) is -25.0. The second kappa shape index (κ2) is 14.7. The van der Waals surface area contributed by atoms with Gasteiger partial charge in [-0.05, 0) is 96.3 Å². The van der Waals surface area contributed by atoms with E-state index >= 15 is 0 Å². The molecule has 0 radical (unpaired) electrons. The van der Waals surface area contributed by atoms with Crippen molar-refractivity contribution in [2.45, 2.75) is 44.2 Å². The second-order valence-corrected chi connectivity index (χ2v) is 19.0. The van der Waals surface area contributed by atoms with Crippen LogP contribution in [0.15, 0.2) is 122 Å². The first-order valence-electron chi connectivity index (χ1n) is 15.2. The van der Waals surface area contributed by atoms with E-state index in [0.717, 1.165) is 24.3 Å². The lowest BCUT2D eigenvalue weighted by Crippen LogP contribution is -2.11. The molecule has 0 aliphatic heterocycles. The number of anilines is 4. The Morgan fingerprint density at radius 2 is 0.727 bits per heavy atom. The van der Waals surface area contributed by atoms with E-state index in [1.54, 1.807) is 30.3 Å². The summed E-state index contributed by atoms with van der Waals surface area (Å²) in [5.41, 5.74) is 2.24. The van der Waals surface area contributed by atoms with Gasteiger partial charge in [-0.2, -0.15) is 42.1 Å². The Morgan fingerprint density at radius 3 is 1.05 bits per heavy atom. The van der Waals surface area contributed by atoms with Crippen LogP contribution in [-0.4, -0.2) is 64.9 Å². The van der Waals surface area contributed by atoms with Crippen LogP contribution in [0.25, 0.3) is 0 Å². The highest BCUT2D eigenvalue weighted by Gasteiger charge is 2.28. The minimum Gasteiger partial charge on any atom is -0.355 e. The monoisotopic (exact) mass is 854 g/mol. The van der Waals surface area contributed by atoms with Gasteiger partial charge in [0.2, 0.25) is 0 Å². The highest BCUT2D eigenvalue weighted by molar-refractivity contribution is 7.89. The van der Waals surface area contributed by atoms with Crippen LogP contribution in [0.1, 0.15) is 33.7 Å². The molecule has 0 spiro atoms. The highest BCUT2D eigenvalue weighted by atomic mass is 32.2. The molecule has 55 heavy (non-hydrogen) atoms. The van der Waals surface area contributed by atoms with Crippen molar-refractivity contribution in [2.24, 2.45) is 0 Å². The zero-order valence-electron chi connectivity index (χ0n) is 28.2. The molecule has 0 aliphatic carbocycles. The third-order valence-corrected chi connectivity index (χ3v) is 13.0. The number of rotatable bonds is 12. The summed E-state index contributed by atoms with van der Waals surface area (Å²) in [4.78, 5) is -4.58. The first kappa shape index (κ1) is 41.4. The normalized spacial score (nSPS) is 12.8. The fourth-order valence-corrected chi connectivity index (χ4v) is 10.2. The zero-order chi connectivity index (χ0) is 40.9. The lowest BCUT2D eigenvalue weighted by Gasteiger charge is -2.22. The van der Waals surface area contributed by atoms with Crippen LogP contribution in [0, 0.1) is 13.8 Å². The minimum absolute atomic E-state index is 0.0516. The van der Waals surface area contributed by atoms with Gasteiger partial charge >= 0.3 is 0 Å². The second-order valence-electron chi connectivity index (χ2n) is 12.1. The van der Waals surface area contributed by atoms with Crippen molar-refractivity contribution < 1.29 is 64.9 Å². The summed E-state index contributed by atoms with van der Waals surface area (Å²) in [6.07, 6.45) is 0. The molecule has 0 fully saturated rings. The maximum Gasteiger partial charge on any atom is 0.295 e. The smallest absolute Gasteiger partial charge is 0.295 e. The minimum atomic E-state index is -5.10. The Hall–Kier alpha value is -4.75. The molecule has 5 aromatic rings. The van der Waals surface area contributed by atoms with Gasteiger partial charge in [0.1, 0.15) is 19.6 Å². The molecule has 5 aromatic carbocycles. The van der Waals surface area contributed by atoms with Gasteiger partial charge in [0.15, 0.2) is 0 Å². The van der Waals surface area contributed by atoms with Crippen molar-refractivity contribution in [1.82, 2.24) is 0 Å². The van der Waals surface area contributed by atoms with Crippen LogP contribution >= 0.6 is 0 Å². The molecule has 22 heteroatoms. The Kier molecular flexibility index (Phi) is 11.1. The van der Waals surface area contributed by atoms with Crippen LogP contribution in [0.4, 0.5) is 22.7 Å². The number of hydrogen-bond donors (Lipinski definition) is 7. The van der Waals surface area contributed by atoms with Gasteiger partial charge < -0.3 is 10.6 Å². The topological polar surface area (TPSA) is 296 Å². The van der Waals surface area contributed by atoms with Crippen LogP contribution in [0.5, 0.6) is 0 Å². The first-order valence-corrected chi connectivity index (χ1v) is 22.4. The van der Waals surface area contributed by atoms with Gasteiger partial charge in [-0.1, -0.05) is 42.5 Å². The van der Waals surface area contributed by atoms with Gasteiger partial charge in [-0.25, -0.2) is 0 Å². The van der Waals surface area contributed by atoms with Crippen molar-refractivity contribution in [3.8, 4) is 0 Å².